The summed E-state index contributed by atoms with van der Waals surface area (Å²) in [7, 11) is 0. The van der Waals surface area contributed by atoms with Crippen LogP contribution in [-0.4, -0.2) is 11.1 Å². The van der Waals surface area contributed by atoms with Gasteiger partial charge >= 0.3 is 5.97 Å². The van der Waals surface area contributed by atoms with Crippen LogP contribution in [-0.2, 0) is 0 Å². The van der Waals surface area contributed by atoms with Gasteiger partial charge in [0.25, 0.3) is 5.69 Å². The second-order valence-electron chi connectivity index (χ2n) is 2.10. The van der Waals surface area contributed by atoms with Crippen LogP contribution < -0.4 is 5.18 Å². The minimum absolute atomic E-state index is 0.0257. The van der Waals surface area contributed by atoms with Gasteiger partial charge in [0, 0.05) is 16.2 Å². The third-order valence-corrected chi connectivity index (χ3v) is 1.65. The molecule has 2 N–H and O–H groups in total. The average Bonchev–Trinajstić information content (AvgIpc) is 2.05. The van der Waals surface area contributed by atoms with Crippen molar-refractivity contribution in [3.8, 4) is 0 Å². The normalized spacial score (nSPS) is 9.42. The van der Waals surface area contributed by atoms with Gasteiger partial charge in [-0.3, -0.25) is 0 Å². The quantitative estimate of drug-likeness (QED) is 0.708. The first-order chi connectivity index (χ1) is 5.65. The van der Waals surface area contributed by atoms with Crippen molar-refractivity contribution in [2.45, 2.75) is 0 Å². The number of halogens is 1. The van der Waals surface area contributed by atoms with E-state index in [1.165, 1.54) is 18.2 Å². The molecule has 0 fully saturated rings. The Balaban J connectivity index is 3.22. The maximum atomic E-state index is 10.4. The fourth-order valence-electron chi connectivity index (χ4n) is 0.737. The lowest BCUT2D eigenvalue weighted by Gasteiger charge is -1.92. The molecule has 1 aromatic rings. The molecule has 0 atom stereocenters. The predicted molar refractivity (Wildman–Crippen MR) is 42.4 cm³/mol. The Morgan fingerprint density at radius 1 is 1.50 bits per heavy atom. The summed E-state index contributed by atoms with van der Waals surface area (Å²) in [6.45, 7) is 0. The number of hydrogen-bond donors (Lipinski definition) is 2. The fraction of sp³-hybridized carbons (Fsp3) is 0. The first-order valence-corrected chi connectivity index (χ1v) is 3.44. The van der Waals surface area contributed by atoms with E-state index >= 15 is 0 Å². The monoisotopic (exact) mass is 186 g/mol. The van der Waals surface area contributed by atoms with E-state index in [1.54, 1.807) is 5.18 Å². The number of carboxylic acids is 1. The van der Waals surface area contributed by atoms with E-state index in [4.69, 9.17) is 16.7 Å². The molecule has 0 heterocycles. The second kappa shape index (κ2) is 3.32. The van der Waals surface area contributed by atoms with Crippen LogP contribution in [0.2, 0.25) is 5.02 Å². The van der Waals surface area contributed by atoms with Crippen LogP contribution in [0.25, 0.3) is 0 Å². The molecule has 0 saturated carbocycles. The molecule has 0 aliphatic carbocycles. The molecule has 0 aromatic heterocycles. The van der Waals surface area contributed by atoms with Crippen LogP contribution >= 0.6 is 11.6 Å². The van der Waals surface area contributed by atoms with Crippen molar-refractivity contribution in [1.29, 1.82) is 0 Å². The highest BCUT2D eigenvalue weighted by Gasteiger charge is 2.10. The minimum Gasteiger partial charge on any atom is -0.478 e. The largest absolute Gasteiger partial charge is 0.478 e. The van der Waals surface area contributed by atoms with Gasteiger partial charge in [-0.2, -0.15) is 0 Å². The average molecular weight is 187 g/mol. The Bertz CT molecular complexity index is 337. The highest BCUT2D eigenvalue weighted by Crippen LogP contribution is 2.17. The summed E-state index contributed by atoms with van der Waals surface area (Å²) in [6, 6.07) is 3.86. The van der Waals surface area contributed by atoms with E-state index < -0.39 is 5.97 Å². The standard InChI is InChI=1S/C7H4ClNO3/c8-5-2-1-4(7(10)11)3-6(5)9-12/h1-3H,(H,10,11)/p+1. The van der Waals surface area contributed by atoms with Gasteiger partial charge in [0.15, 0.2) is 0 Å². The summed E-state index contributed by atoms with van der Waals surface area (Å²) in [5.41, 5.74) is 0.0920. The van der Waals surface area contributed by atoms with Crippen LogP contribution in [0, 0.1) is 4.91 Å². The van der Waals surface area contributed by atoms with Crippen LogP contribution in [0.15, 0.2) is 18.2 Å². The number of carboxylic acid groups (broad SMARTS) is 1. The predicted octanol–water partition coefficient (Wildman–Crippen LogP) is 0.517. The van der Waals surface area contributed by atoms with Crippen LogP contribution in [0.3, 0.4) is 0 Å². The van der Waals surface area contributed by atoms with Gasteiger partial charge in [-0.15, -0.1) is 0 Å². The number of aromatic carboxylic acids is 1. The minimum atomic E-state index is -1.09. The zero-order chi connectivity index (χ0) is 9.14. The smallest absolute Gasteiger partial charge is 0.335 e. The van der Waals surface area contributed by atoms with Gasteiger partial charge in [-0.25, -0.2) is 4.79 Å². The molecule has 5 heteroatoms. The first-order valence-electron chi connectivity index (χ1n) is 3.06. The molecule has 4 nitrogen and oxygen atoms in total. The highest BCUT2D eigenvalue weighted by atomic mass is 35.5. The summed E-state index contributed by atoms with van der Waals surface area (Å²) in [5.74, 6) is -1.09. The van der Waals surface area contributed by atoms with Crippen LogP contribution in [0.1, 0.15) is 10.4 Å². The van der Waals surface area contributed by atoms with Gasteiger partial charge in [-0.05, 0) is 12.1 Å². The molecule has 0 unspecified atom stereocenters. The van der Waals surface area contributed by atoms with Crippen LogP contribution in [0.5, 0.6) is 0 Å². The summed E-state index contributed by atoms with van der Waals surface area (Å²) < 4.78 is 0. The van der Waals surface area contributed by atoms with E-state index in [-0.39, 0.29) is 16.3 Å². The van der Waals surface area contributed by atoms with Crippen molar-refractivity contribution in [3.05, 3.63) is 33.7 Å². The summed E-state index contributed by atoms with van der Waals surface area (Å²) in [6.07, 6.45) is 0. The van der Waals surface area contributed by atoms with Crippen molar-refractivity contribution in [3.63, 3.8) is 0 Å². The Hall–Kier alpha value is -1.42. The summed E-state index contributed by atoms with van der Waals surface area (Å²) >= 11 is 5.55. The van der Waals surface area contributed by atoms with Crippen molar-refractivity contribution in [2.75, 3.05) is 0 Å². The van der Waals surface area contributed by atoms with E-state index in [2.05, 4.69) is 0 Å². The first kappa shape index (κ1) is 8.67. The molecule has 0 saturated heterocycles. The number of rotatable bonds is 2. The molecule has 12 heavy (non-hydrogen) atoms. The van der Waals surface area contributed by atoms with E-state index in [1.807, 2.05) is 0 Å². The van der Waals surface area contributed by atoms with E-state index in [0.717, 1.165) is 0 Å². The Labute approximate surface area is 72.8 Å². The highest BCUT2D eigenvalue weighted by molar-refractivity contribution is 6.32. The van der Waals surface area contributed by atoms with Gasteiger partial charge in [0.05, 0.1) is 5.56 Å². The lowest BCUT2D eigenvalue weighted by atomic mass is 10.2. The SMILES string of the molecule is O=[NH+]c1cc(C(=O)O)ccc1Cl. The zero-order valence-corrected chi connectivity index (χ0v) is 6.63. The Morgan fingerprint density at radius 2 is 2.17 bits per heavy atom. The maximum Gasteiger partial charge on any atom is 0.335 e. The van der Waals surface area contributed by atoms with Crippen LogP contribution in [0.4, 0.5) is 5.69 Å². The van der Waals surface area contributed by atoms with Crippen molar-refractivity contribution in [1.82, 2.24) is 0 Å². The zero-order valence-electron chi connectivity index (χ0n) is 5.87. The van der Waals surface area contributed by atoms with Gasteiger partial charge < -0.3 is 5.11 Å². The number of hydrogen-bond acceptors (Lipinski definition) is 2. The fourth-order valence-corrected chi connectivity index (χ4v) is 0.893. The number of carbonyl (C=O) groups is 1. The molecule has 1 aromatic carbocycles. The van der Waals surface area contributed by atoms with Gasteiger partial charge in [0.1, 0.15) is 5.02 Å². The molecule has 0 radical (unpaired) electrons. The Morgan fingerprint density at radius 3 is 2.67 bits per heavy atom. The van der Waals surface area contributed by atoms with Crippen molar-refractivity contribution in [2.24, 2.45) is 0 Å². The van der Waals surface area contributed by atoms with Crippen molar-refractivity contribution >= 4 is 23.3 Å². The maximum absolute atomic E-state index is 10.4. The molecule has 0 aliphatic rings. The van der Waals surface area contributed by atoms with E-state index in [0.29, 0.717) is 0 Å². The molecule has 62 valence electrons. The van der Waals surface area contributed by atoms with Gasteiger partial charge in [0.2, 0.25) is 0 Å². The number of nitrogens with one attached hydrogen (secondary N) is 1. The summed E-state index contributed by atoms with van der Waals surface area (Å²) in [4.78, 5) is 20.6. The molecule has 1 rings (SSSR count). The number of nitroso groups, excluding NO2 is 1. The third-order valence-electron chi connectivity index (χ3n) is 1.32. The summed E-state index contributed by atoms with van der Waals surface area (Å²) in [5, 5.41) is 10.3. The van der Waals surface area contributed by atoms with Gasteiger partial charge in [-0.1, -0.05) is 11.6 Å². The molecule has 0 spiro atoms. The molecular formula is C7H5ClNO3+. The second-order valence-corrected chi connectivity index (χ2v) is 2.51. The number of benzene rings is 1. The molecule has 0 bridgehead atoms. The van der Waals surface area contributed by atoms with E-state index in [9.17, 15) is 9.70 Å². The third kappa shape index (κ3) is 1.60. The lowest BCUT2D eigenvalue weighted by Crippen LogP contribution is -2.56. The lowest BCUT2D eigenvalue weighted by molar-refractivity contribution is -0.379. The van der Waals surface area contributed by atoms with Crippen molar-refractivity contribution < 1.29 is 15.1 Å². The molecular weight excluding hydrogens is 182 g/mol. The molecule has 0 aliphatic heterocycles. The topological polar surface area (TPSA) is 68.3 Å². The molecule has 0 amide bonds. The Kier molecular flexibility index (Phi) is 2.40.